The number of nitrogens with one attached hydrogen (secondary N) is 1. The van der Waals surface area contributed by atoms with Crippen molar-refractivity contribution in [3.05, 3.63) is 78.4 Å². The summed E-state index contributed by atoms with van der Waals surface area (Å²) in [5.74, 6) is -0.653. The van der Waals surface area contributed by atoms with E-state index in [2.05, 4.69) is 11.9 Å². The Bertz CT molecular complexity index is 884. The van der Waals surface area contributed by atoms with Gasteiger partial charge >= 0.3 is 5.97 Å². The Morgan fingerprint density at radius 1 is 1.07 bits per heavy atom. The molecule has 0 aromatic heterocycles. The van der Waals surface area contributed by atoms with E-state index in [4.69, 9.17) is 9.47 Å². The van der Waals surface area contributed by atoms with Crippen LogP contribution in [-0.2, 0) is 14.3 Å². The number of amides is 1. The lowest BCUT2D eigenvalue weighted by Crippen LogP contribution is -2.21. The van der Waals surface area contributed by atoms with E-state index in [0.29, 0.717) is 23.6 Å². The number of ether oxygens (including phenoxy) is 2. The van der Waals surface area contributed by atoms with E-state index >= 15 is 0 Å². The predicted molar refractivity (Wildman–Crippen MR) is 107 cm³/mol. The van der Waals surface area contributed by atoms with Crippen LogP contribution in [0.3, 0.4) is 0 Å². The largest absolute Gasteiger partial charge is 0.490 e. The van der Waals surface area contributed by atoms with Gasteiger partial charge in [-0.3, -0.25) is 9.59 Å². The quantitative estimate of drug-likeness (QED) is 0.311. The number of esters is 1. The van der Waals surface area contributed by atoms with Crippen molar-refractivity contribution in [2.75, 3.05) is 18.5 Å². The summed E-state index contributed by atoms with van der Waals surface area (Å²) in [6, 6.07) is 13.7. The first kappa shape index (κ1) is 20.6. The molecule has 0 bridgehead atoms. The molecule has 2 rings (SSSR count). The summed E-state index contributed by atoms with van der Waals surface area (Å²) in [6.45, 7) is 4.95. The number of rotatable bonds is 9. The normalized spacial score (nSPS) is 10.3. The molecule has 0 heterocycles. The maximum atomic E-state index is 11.9. The molecule has 0 aliphatic carbocycles. The van der Waals surface area contributed by atoms with Crippen LogP contribution in [0.15, 0.2) is 67.3 Å². The highest BCUT2D eigenvalue weighted by Crippen LogP contribution is 2.15. The van der Waals surface area contributed by atoms with Crippen molar-refractivity contribution in [2.45, 2.75) is 6.92 Å². The third-order valence-electron chi connectivity index (χ3n) is 3.59. The van der Waals surface area contributed by atoms with E-state index in [1.54, 1.807) is 60.7 Å². The van der Waals surface area contributed by atoms with Gasteiger partial charge in [-0.1, -0.05) is 36.9 Å². The van der Waals surface area contributed by atoms with Gasteiger partial charge in [-0.05, 0) is 42.8 Å². The molecule has 0 aliphatic rings. The summed E-state index contributed by atoms with van der Waals surface area (Å²) in [5, 5.41) is 2.56. The van der Waals surface area contributed by atoms with E-state index in [1.807, 2.05) is 0 Å². The highest BCUT2D eigenvalue weighted by atomic mass is 16.5. The molecule has 28 heavy (non-hydrogen) atoms. The highest BCUT2D eigenvalue weighted by Gasteiger charge is 2.10. The van der Waals surface area contributed by atoms with Crippen LogP contribution in [-0.4, -0.2) is 30.9 Å². The minimum atomic E-state index is -0.651. The van der Waals surface area contributed by atoms with Gasteiger partial charge in [0.05, 0.1) is 5.69 Å². The molecule has 2 aromatic carbocycles. The van der Waals surface area contributed by atoms with Gasteiger partial charge in [0, 0.05) is 11.6 Å². The third kappa shape index (κ3) is 6.57. The second-order valence-electron chi connectivity index (χ2n) is 5.76. The van der Waals surface area contributed by atoms with Gasteiger partial charge in [0.2, 0.25) is 0 Å². The number of hydrogen-bond donors (Lipinski definition) is 1. The topological polar surface area (TPSA) is 81.7 Å². The number of carbonyl (C=O) groups excluding carboxylic acids is 3. The fourth-order valence-electron chi connectivity index (χ4n) is 2.26. The number of carbonyl (C=O) groups is 3. The molecule has 0 saturated carbocycles. The summed E-state index contributed by atoms with van der Waals surface area (Å²) in [5.41, 5.74) is 1.55. The first-order valence-electron chi connectivity index (χ1n) is 8.58. The highest BCUT2D eigenvalue weighted by molar-refractivity contribution is 6.04. The fraction of sp³-hybridized carbons (Fsp3) is 0.136. The zero-order valence-corrected chi connectivity index (χ0v) is 15.5. The van der Waals surface area contributed by atoms with Crippen LogP contribution in [0.4, 0.5) is 5.69 Å². The zero-order chi connectivity index (χ0) is 20.4. The van der Waals surface area contributed by atoms with Crippen molar-refractivity contribution in [2.24, 2.45) is 0 Å². The van der Waals surface area contributed by atoms with Gasteiger partial charge in [-0.15, -0.1) is 0 Å². The Labute approximate surface area is 163 Å². The van der Waals surface area contributed by atoms with E-state index in [1.165, 1.54) is 13.0 Å². The van der Waals surface area contributed by atoms with Gasteiger partial charge in [0.1, 0.15) is 12.4 Å². The maximum Gasteiger partial charge on any atom is 0.331 e. The first-order valence-corrected chi connectivity index (χ1v) is 8.58. The third-order valence-corrected chi connectivity index (χ3v) is 3.59. The molecule has 1 amide bonds. The Kier molecular flexibility index (Phi) is 7.72. The first-order chi connectivity index (χ1) is 13.5. The van der Waals surface area contributed by atoms with Crippen LogP contribution >= 0.6 is 0 Å². The molecule has 144 valence electrons. The van der Waals surface area contributed by atoms with Crippen molar-refractivity contribution in [3.63, 3.8) is 0 Å². The van der Waals surface area contributed by atoms with Gasteiger partial charge in [-0.25, -0.2) is 4.79 Å². The van der Waals surface area contributed by atoms with Gasteiger partial charge < -0.3 is 14.8 Å². The lowest BCUT2D eigenvalue weighted by molar-refractivity contribution is -0.142. The van der Waals surface area contributed by atoms with E-state index < -0.39 is 18.5 Å². The molecular weight excluding hydrogens is 358 g/mol. The standard InChI is InChI=1S/C22H21NO5/c1-3-14-27-18-11-8-17(9-12-18)10-13-22(26)28-15-21(25)23-20-7-5-4-6-19(20)16(2)24/h3-13H,1,14-15H2,2H3,(H,23,25)/b13-10+. The predicted octanol–water partition coefficient (Wildman–Crippen LogP) is 3.65. The number of hydrogen-bond acceptors (Lipinski definition) is 5. The van der Waals surface area contributed by atoms with Crippen molar-refractivity contribution in [3.8, 4) is 5.75 Å². The number of anilines is 1. The molecule has 0 radical (unpaired) electrons. The van der Waals surface area contributed by atoms with Crippen LogP contribution in [0.5, 0.6) is 5.75 Å². The molecule has 1 N–H and O–H groups in total. The molecule has 0 fully saturated rings. The summed E-state index contributed by atoms with van der Waals surface area (Å²) in [4.78, 5) is 35.3. The van der Waals surface area contributed by atoms with Crippen LogP contribution in [0.2, 0.25) is 0 Å². The molecule has 6 heteroatoms. The summed E-state index contributed by atoms with van der Waals surface area (Å²) < 4.78 is 10.3. The number of para-hydroxylation sites is 1. The van der Waals surface area contributed by atoms with Gasteiger partial charge in [-0.2, -0.15) is 0 Å². The minimum Gasteiger partial charge on any atom is -0.490 e. The number of Topliss-reactive ketones (excluding diaryl/α,β-unsaturated/α-hetero) is 1. The smallest absolute Gasteiger partial charge is 0.331 e. The Morgan fingerprint density at radius 3 is 2.46 bits per heavy atom. The molecule has 0 aliphatic heterocycles. The molecule has 0 atom stereocenters. The summed E-state index contributed by atoms with van der Waals surface area (Å²) >= 11 is 0. The maximum absolute atomic E-state index is 11.9. The van der Waals surface area contributed by atoms with Crippen molar-refractivity contribution < 1.29 is 23.9 Å². The Morgan fingerprint density at radius 2 is 1.79 bits per heavy atom. The van der Waals surface area contributed by atoms with Crippen molar-refractivity contribution in [1.82, 2.24) is 0 Å². The van der Waals surface area contributed by atoms with Crippen LogP contribution in [0.1, 0.15) is 22.8 Å². The number of benzene rings is 2. The van der Waals surface area contributed by atoms with E-state index in [9.17, 15) is 14.4 Å². The summed E-state index contributed by atoms with van der Waals surface area (Å²) in [6.07, 6.45) is 4.46. The van der Waals surface area contributed by atoms with Crippen LogP contribution in [0, 0.1) is 0 Å². The SMILES string of the molecule is C=CCOc1ccc(/C=C/C(=O)OCC(=O)Nc2ccccc2C(C)=O)cc1. The molecule has 0 saturated heterocycles. The van der Waals surface area contributed by atoms with Crippen LogP contribution < -0.4 is 10.1 Å². The Hall–Kier alpha value is -3.67. The van der Waals surface area contributed by atoms with E-state index in [0.717, 1.165) is 5.56 Å². The van der Waals surface area contributed by atoms with Crippen LogP contribution in [0.25, 0.3) is 6.08 Å². The monoisotopic (exact) mass is 379 g/mol. The Balaban J connectivity index is 1.83. The molecule has 0 spiro atoms. The minimum absolute atomic E-state index is 0.170. The lowest BCUT2D eigenvalue weighted by atomic mass is 10.1. The summed E-state index contributed by atoms with van der Waals surface area (Å²) in [7, 11) is 0. The molecular formula is C22H21NO5. The number of ketones is 1. The second-order valence-corrected chi connectivity index (χ2v) is 5.76. The average molecular weight is 379 g/mol. The van der Waals surface area contributed by atoms with Crippen molar-refractivity contribution in [1.29, 1.82) is 0 Å². The van der Waals surface area contributed by atoms with E-state index in [-0.39, 0.29) is 5.78 Å². The zero-order valence-electron chi connectivity index (χ0n) is 15.5. The fourth-order valence-corrected chi connectivity index (χ4v) is 2.26. The molecule has 0 unspecified atom stereocenters. The lowest BCUT2D eigenvalue weighted by Gasteiger charge is -2.08. The molecule has 6 nitrogen and oxygen atoms in total. The van der Waals surface area contributed by atoms with Gasteiger partial charge in [0.25, 0.3) is 5.91 Å². The average Bonchev–Trinajstić information content (AvgIpc) is 2.70. The van der Waals surface area contributed by atoms with Crippen molar-refractivity contribution >= 4 is 29.4 Å². The molecule has 2 aromatic rings. The van der Waals surface area contributed by atoms with Gasteiger partial charge in [0.15, 0.2) is 12.4 Å². The second kappa shape index (κ2) is 10.5.